The van der Waals surface area contributed by atoms with Crippen molar-refractivity contribution >= 4 is 19.8 Å². The molecule has 0 heterocycles. The molecular formula is C45H72NO9P. The van der Waals surface area contributed by atoms with E-state index in [-0.39, 0.29) is 32.6 Å². The summed E-state index contributed by atoms with van der Waals surface area (Å²) in [6.45, 7) is 3.28. The first-order valence-electron chi connectivity index (χ1n) is 20.5. The first-order chi connectivity index (χ1) is 27.2. The van der Waals surface area contributed by atoms with Gasteiger partial charge in [0.05, 0.1) is 19.3 Å². The summed E-state index contributed by atoms with van der Waals surface area (Å²) in [5.41, 5.74) is 5.33. The summed E-state index contributed by atoms with van der Waals surface area (Å²) in [5, 5.41) is 9.99. The van der Waals surface area contributed by atoms with E-state index in [2.05, 4.69) is 68.5 Å². The Kier molecular flexibility index (Phi) is 37.5. The van der Waals surface area contributed by atoms with Gasteiger partial charge in [0.1, 0.15) is 6.61 Å². The number of rotatable bonds is 36. The van der Waals surface area contributed by atoms with Crippen LogP contribution in [0.2, 0.25) is 0 Å². The molecule has 0 aliphatic carbocycles. The van der Waals surface area contributed by atoms with E-state index in [1.54, 1.807) is 6.08 Å². The van der Waals surface area contributed by atoms with E-state index in [1.807, 2.05) is 48.6 Å². The summed E-state index contributed by atoms with van der Waals surface area (Å²) in [6.07, 6.45) is 48.8. The van der Waals surface area contributed by atoms with Crippen molar-refractivity contribution in [1.82, 2.24) is 0 Å². The molecule has 0 saturated heterocycles. The predicted molar refractivity (Wildman–Crippen MR) is 230 cm³/mol. The van der Waals surface area contributed by atoms with Crippen molar-refractivity contribution in [1.29, 1.82) is 0 Å². The van der Waals surface area contributed by atoms with Crippen LogP contribution in [0.3, 0.4) is 0 Å². The van der Waals surface area contributed by atoms with E-state index >= 15 is 0 Å². The van der Waals surface area contributed by atoms with Gasteiger partial charge in [0.2, 0.25) is 0 Å². The lowest BCUT2D eigenvalue weighted by molar-refractivity contribution is -0.161. The Morgan fingerprint density at radius 3 is 1.82 bits per heavy atom. The van der Waals surface area contributed by atoms with Crippen molar-refractivity contribution in [3.05, 3.63) is 109 Å². The number of carbonyl (C=O) groups excluding carboxylic acids is 2. The molecule has 3 atom stereocenters. The summed E-state index contributed by atoms with van der Waals surface area (Å²) < 4.78 is 32.6. The maximum atomic E-state index is 12.5. The van der Waals surface area contributed by atoms with Gasteiger partial charge in [-0.05, 0) is 77.0 Å². The number of carbonyl (C=O) groups is 2. The zero-order valence-corrected chi connectivity index (χ0v) is 35.1. The number of aliphatic hydroxyl groups excluding tert-OH is 1. The van der Waals surface area contributed by atoms with Crippen molar-refractivity contribution in [2.75, 3.05) is 26.4 Å². The fourth-order valence-corrected chi connectivity index (χ4v) is 5.52. The summed E-state index contributed by atoms with van der Waals surface area (Å²) >= 11 is 0. The minimum absolute atomic E-state index is 0.0244. The van der Waals surface area contributed by atoms with Gasteiger partial charge in [0.15, 0.2) is 6.10 Å². The van der Waals surface area contributed by atoms with Crippen LogP contribution in [-0.2, 0) is 32.7 Å². The topological polar surface area (TPSA) is 155 Å². The van der Waals surface area contributed by atoms with Gasteiger partial charge in [-0.3, -0.25) is 18.6 Å². The third-order valence-electron chi connectivity index (χ3n) is 7.75. The second-order valence-electron chi connectivity index (χ2n) is 12.9. The SMILES string of the molecule is CC/C=C\C/C=C\C/C=C\CCCCCCCC(=O)OC[C@H](COP(=O)(O)OCCN)OC(=O)CC/C=C\C/C=C\C/C=C\C=C\C(O)C/C=C\C/C=C\CC. The van der Waals surface area contributed by atoms with E-state index in [9.17, 15) is 24.2 Å². The predicted octanol–water partition coefficient (Wildman–Crippen LogP) is 10.6. The summed E-state index contributed by atoms with van der Waals surface area (Å²) in [4.78, 5) is 34.8. The molecule has 0 spiro atoms. The first kappa shape index (κ1) is 52.6. The van der Waals surface area contributed by atoms with Crippen LogP contribution >= 0.6 is 7.82 Å². The maximum Gasteiger partial charge on any atom is 0.472 e. The summed E-state index contributed by atoms with van der Waals surface area (Å²) in [7, 11) is -4.42. The molecule has 0 saturated carbocycles. The smallest absolute Gasteiger partial charge is 0.462 e. The zero-order chi connectivity index (χ0) is 41.2. The highest BCUT2D eigenvalue weighted by atomic mass is 31.2. The number of nitrogens with two attached hydrogens (primary N) is 1. The van der Waals surface area contributed by atoms with Crippen molar-refractivity contribution in [3.8, 4) is 0 Å². The fraction of sp³-hybridized carbons (Fsp3) is 0.556. The number of phosphoric acid groups is 1. The Morgan fingerprint density at radius 1 is 0.625 bits per heavy atom. The molecular weight excluding hydrogens is 729 g/mol. The number of allylic oxidation sites excluding steroid dienone is 16. The second kappa shape index (κ2) is 39.8. The standard InChI is InChI=1S/C45H72NO9P/c1-3-5-7-9-11-12-13-14-15-16-17-21-24-28-32-36-44(48)52-40-43(41-54-56(50,51)53-39-38-46)55-45(49)37-33-29-25-22-19-18-20-23-27-31-35-42(47)34-30-26-10-8-6-4-2/h5-8,11-12,14-15,18-19,23,25-27,29-31,35,42-43,47H,3-4,9-10,13,16-17,20-22,24,28,32-34,36-41,46H2,1-2H3,(H,50,51)/b7-5-,8-6-,12-11-,15-14-,19-18-,27-23-,29-25-,30-26-,35-31+/t42?,43-/m1/s1. The van der Waals surface area contributed by atoms with E-state index in [4.69, 9.17) is 24.3 Å². The van der Waals surface area contributed by atoms with Crippen LogP contribution in [0.5, 0.6) is 0 Å². The molecule has 316 valence electrons. The molecule has 0 fully saturated rings. The summed E-state index contributed by atoms with van der Waals surface area (Å²) in [5.74, 6) is -0.990. The van der Waals surface area contributed by atoms with Gasteiger partial charge in [-0.2, -0.15) is 0 Å². The normalized spacial score (nSPS) is 15.0. The molecule has 0 bridgehead atoms. The second-order valence-corrected chi connectivity index (χ2v) is 14.4. The average molecular weight is 802 g/mol. The molecule has 0 amide bonds. The molecule has 0 aromatic heterocycles. The lowest BCUT2D eigenvalue weighted by Gasteiger charge is -2.19. The first-order valence-corrected chi connectivity index (χ1v) is 22.0. The zero-order valence-electron chi connectivity index (χ0n) is 34.2. The molecule has 56 heavy (non-hydrogen) atoms. The number of aliphatic hydroxyl groups is 1. The third kappa shape index (κ3) is 38.9. The van der Waals surface area contributed by atoms with Gasteiger partial charge < -0.3 is 25.2 Å². The summed E-state index contributed by atoms with van der Waals surface area (Å²) in [6, 6.07) is 0. The molecule has 0 aromatic rings. The van der Waals surface area contributed by atoms with Gasteiger partial charge in [-0.1, -0.05) is 142 Å². The number of unbranched alkanes of at least 4 members (excludes halogenated alkanes) is 5. The third-order valence-corrected chi connectivity index (χ3v) is 8.73. The molecule has 10 nitrogen and oxygen atoms in total. The van der Waals surface area contributed by atoms with Crippen LogP contribution in [0, 0.1) is 0 Å². The van der Waals surface area contributed by atoms with E-state index in [0.29, 0.717) is 25.7 Å². The van der Waals surface area contributed by atoms with Gasteiger partial charge >= 0.3 is 19.8 Å². The Morgan fingerprint density at radius 2 is 1.18 bits per heavy atom. The Hall–Kier alpha value is -3.37. The van der Waals surface area contributed by atoms with Crippen molar-refractivity contribution in [2.24, 2.45) is 5.73 Å². The molecule has 2 unspecified atom stereocenters. The Labute approximate surface area is 338 Å². The van der Waals surface area contributed by atoms with Crippen LogP contribution < -0.4 is 5.73 Å². The Bertz CT molecular complexity index is 1300. The van der Waals surface area contributed by atoms with Crippen LogP contribution in [0.15, 0.2) is 109 Å². The number of esters is 2. The van der Waals surface area contributed by atoms with E-state index < -0.39 is 38.6 Å². The highest BCUT2D eigenvalue weighted by Crippen LogP contribution is 2.43. The molecule has 0 aliphatic rings. The molecule has 0 aliphatic heterocycles. The van der Waals surface area contributed by atoms with E-state index in [0.717, 1.165) is 70.6 Å². The average Bonchev–Trinajstić information content (AvgIpc) is 3.18. The number of ether oxygens (including phenoxy) is 2. The van der Waals surface area contributed by atoms with Crippen LogP contribution in [0.25, 0.3) is 0 Å². The van der Waals surface area contributed by atoms with E-state index in [1.165, 1.54) is 0 Å². The number of hydrogen-bond donors (Lipinski definition) is 3. The molecule has 11 heteroatoms. The fourth-order valence-electron chi connectivity index (χ4n) is 4.76. The number of hydrogen-bond acceptors (Lipinski definition) is 9. The van der Waals surface area contributed by atoms with Gasteiger partial charge in [0.25, 0.3) is 0 Å². The highest BCUT2D eigenvalue weighted by Gasteiger charge is 2.25. The minimum atomic E-state index is -4.42. The minimum Gasteiger partial charge on any atom is -0.462 e. The highest BCUT2D eigenvalue weighted by molar-refractivity contribution is 7.47. The van der Waals surface area contributed by atoms with Gasteiger partial charge in [-0.25, -0.2) is 4.57 Å². The lowest BCUT2D eigenvalue weighted by Crippen LogP contribution is -2.29. The molecule has 0 radical (unpaired) electrons. The van der Waals surface area contributed by atoms with Crippen LogP contribution in [0.4, 0.5) is 0 Å². The van der Waals surface area contributed by atoms with Crippen LogP contribution in [-0.4, -0.2) is 60.5 Å². The molecule has 0 rings (SSSR count). The monoisotopic (exact) mass is 801 g/mol. The van der Waals surface area contributed by atoms with Crippen molar-refractivity contribution in [2.45, 2.75) is 135 Å². The lowest BCUT2D eigenvalue weighted by atomic mass is 10.1. The molecule has 4 N–H and O–H groups in total. The van der Waals surface area contributed by atoms with Gasteiger partial charge in [0, 0.05) is 19.4 Å². The maximum absolute atomic E-state index is 12.5. The largest absolute Gasteiger partial charge is 0.472 e. The number of phosphoric ester groups is 1. The van der Waals surface area contributed by atoms with Crippen LogP contribution in [0.1, 0.15) is 123 Å². The quantitative estimate of drug-likeness (QED) is 0.0183. The van der Waals surface area contributed by atoms with Crippen molar-refractivity contribution < 1.29 is 42.7 Å². The molecule has 0 aromatic carbocycles. The van der Waals surface area contributed by atoms with Crippen molar-refractivity contribution in [3.63, 3.8) is 0 Å². The van der Waals surface area contributed by atoms with Gasteiger partial charge in [-0.15, -0.1) is 0 Å². The Balaban J connectivity index is 4.44.